The summed E-state index contributed by atoms with van der Waals surface area (Å²) in [5.41, 5.74) is 2.68. The summed E-state index contributed by atoms with van der Waals surface area (Å²) < 4.78 is 1.08. The van der Waals surface area contributed by atoms with Gasteiger partial charge >= 0.3 is 0 Å². The van der Waals surface area contributed by atoms with E-state index in [2.05, 4.69) is 44.6 Å². The van der Waals surface area contributed by atoms with Gasteiger partial charge in [0, 0.05) is 11.1 Å². The Hall–Kier alpha value is -0.870. The van der Waals surface area contributed by atoms with E-state index in [0.717, 1.165) is 10.3 Å². The number of hydrogen-bond donors (Lipinski definition) is 1. The number of thiophene rings is 1. The molecule has 2 aromatic rings. The molecule has 2 aromatic heterocycles. The quantitative estimate of drug-likeness (QED) is 0.866. The van der Waals surface area contributed by atoms with E-state index in [4.69, 9.17) is 0 Å². The highest BCUT2D eigenvalue weighted by Crippen LogP contribution is 2.36. The van der Waals surface area contributed by atoms with Crippen LogP contribution in [0.25, 0.3) is 0 Å². The summed E-state index contributed by atoms with van der Waals surface area (Å²) >= 11 is 5.49. The minimum atomic E-state index is 0.408. The van der Waals surface area contributed by atoms with Gasteiger partial charge in [-0.05, 0) is 70.8 Å². The van der Waals surface area contributed by atoms with Gasteiger partial charge in [0.1, 0.15) is 5.82 Å². The predicted molar refractivity (Wildman–Crippen MR) is 80.3 cm³/mol. The predicted octanol–water partition coefficient (Wildman–Crippen LogP) is 4.70. The Morgan fingerprint density at radius 1 is 1.44 bits per heavy atom. The van der Waals surface area contributed by atoms with Crippen LogP contribution in [0.4, 0.5) is 5.82 Å². The molecular weight excluding hydrogens is 308 g/mol. The molecule has 94 valence electrons. The monoisotopic (exact) mass is 322 g/mol. The SMILES string of the molecule is Cc1ccnc(NC2CCCc3sccc32)c1Br. The van der Waals surface area contributed by atoms with E-state index in [0.29, 0.717) is 6.04 Å². The van der Waals surface area contributed by atoms with Gasteiger partial charge in [-0.25, -0.2) is 4.98 Å². The first-order valence-corrected chi connectivity index (χ1v) is 7.87. The Balaban J connectivity index is 1.88. The largest absolute Gasteiger partial charge is 0.362 e. The number of anilines is 1. The molecule has 0 fully saturated rings. The molecule has 0 aromatic carbocycles. The average Bonchev–Trinajstić information content (AvgIpc) is 2.84. The van der Waals surface area contributed by atoms with Crippen LogP contribution in [0.5, 0.6) is 0 Å². The lowest BCUT2D eigenvalue weighted by Gasteiger charge is -2.24. The zero-order valence-electron chi connectivity index (χ0n) is 10.2. The average molecular weight is 323 g/mol. The Morgan fingerprint density at radius 3 is 3.22 bits per heavy atom. The first-order chi connectivity index (χ1) is 8.75. The molecule has 4 heteroatoms. The minimum absolute atomic E-state index is 0.408. The molecule has 1 aliphatic carbocycles. The zero-order valence-corrected chi connectivity index (χ0v) is 12.6. The van der Waals surface area contributed by atoms with E-state index < -0.39 is 0 Å². The van der Waals surface area contributed by atoms with Crippen molar-refractivity contribution in [1.29, 1.82) is 0 Å². The summed E-state index contributed by atoms with van der Waals surface area (Å²) in [5.74, 6) is 0.957. The zero-order chi connectivity index (χ0) is 12.5. The van der Waals surface area contributed by atoms with Gasteiger partial charge in [0.05, 0.1) is 10.5 Å². The van der Waals surface area contributed by atoms with Crippen molar-refractivity contribution in [3.63, 3.8) is 0 Å². The molecule has 2 nitrogen and oxygen atoms in total. The molecule has 2 heterocycles. The van der Waals surface area contributed by atoms with Crippen LogP contribution < -0.4 is 5.32 Å². The highest BCUT2D eigenvalue weighted by molar-refractivity contribution is 9.10. The fraction of sp³-hybridized carbons (Fsp3) is 0.357. The number of hydrogen-bond acceptors (Lipinski definition) is 3. The fourth-order valence-electron chi connectivity index (χ4n) is 2.44. The number of halogens is 1. The van der Waals surface area contributed by atoms with Gasteiger partial charge in [-0.15, -0.1) is 11.3 Å². The lowest BCUT2D eigenvalue weighted by Crippen LogP contribution is -2.16. The number of aromatic nitrogens is 1. The molecule has 1 N–H and O–H groups in total. The number of rotatable bonds is 2. The van der Waals surface area contributed by atoms with E-state index in [-0.39, 0.29) is 0 Å². The van der Waals surface area contributed by atoms with Crippen molar-refractivity contribution >= 4 is 33.1 Å². The molecule has 0 bridgehead atoms. The van der Waals surface area contributed by atoms with Crippen molar-refractivity contribution in [3.8, 4) is 0 Å². The van der Waals surface area contributed by atoms with E-state index in [1.807, 2.05) is 23.6 Å². The Bertz CT molecular complexity index is 565. The van der Waals surface area contributed by atoms with Gasteiger partial charge in [0.15, 0.2) is 0 Å². The minimum Gasteiger partial charge on any atom is -0.362 e. The third-order valence-electron chi connectivity index (χ3n) is 3.45. The van der Waals surface area contributed by atoms with Crippen LogP contribution in [0.3, 0.4) is 0 Å². The molecule has 0 radical (unpaired) electrons. The van der Waals surface area contributed by atoms with E-state index in [1.165, 1.54) is 35.3 Å². The highest BCUT2D eigenvalue weighted by atomic mass is 79.9. The second kappa shape index (κ2) is 5.02. The maximum atomic E-state index is 4.44. The topological polar surface area (TPSA) is 24.9 Å². The van der Waals surface area contributed by atoms with Crippen LogP contribution >= 0.6 is 27.3 Å². The number of fused-ring (bicyclic) bond motifs is 1. The molecule has 0 saturated carbocycles. The van der Waals surface area contributed by atoms with Gasteiger partial charge in [-0.2, -0.15) is 0 Å². The highest BCUT2D eigenvalue weighted by Gasteiger charge is 2.22. The first kappa shape index (κ1) is 12.2. The Labute approximate surface area is 120 Å². The lowest BCUT2D eigenvalue weighted by atomic mass is 9.94. The van der Waals surface area contributed by atoms with Gasteiger partial charge in [-0.3, -0.25) is 0 Å². The molecule has 1 aliphatic rings. The van der Waals surface area contributed by atoms with Gasteiger partial charge in [0.25, 0.3) is 0 Å². The first-order valence-electron chi connectivity index (χ1n) is 6.19. The number of nitrogens with one attached hydrogen (secondary N) is 1. The summed E-state index contributed by atoms with van der Waals surface area (Å²) in [7, 11) is 0. The molecular formula is C14H15BrN2S. The van der Waals surface area contributed by atoms with Crippen LogP contribution in [0.15, 0.2) is 28.2 Å². The molecule has 3 rings (SSSR count). The molecule has 18 heavy (non-hydrogen) atoms. The summed E-state index contributed by atoms with van der Waals surface area (Å²) in [6.07, 6.45) is 5.54. The van der Waals surface area contributed by atoms with Crippen molar-refractivity contribution in [3.05, 3.63) is 44.2 Å². The molecule has 0 saturated heterocycles. The van der Waals surface area contributed by atoms with E-state index in [1.54, 1.807) is 0 Å². The summed E-state index contributed by atoms with van der Waals surface area (Å²) in [6.45, 7) is 2.09. The van der Waals surface area contributed by atoms with Crippen molar-refractivity contribution in [2.45, 2.75) is 32.2 Å². The number of pyridine rings is 1. The van der Waals surface area contributed by atoms with Gasteiger partial charge in [0.2, 0.25) is 0 Å². The standard InChI is InChI=1S/C14H15BrN2S/c1-9-5-7-16-14(13(9)15)17-11-3-2-4-12-10(11)6-8-18-12/h5-8,11H,2-4H2,1H3,(H,16,17). The third kappa shape index (κ3) is 2.19. The van der Waals surface area contributed by atoms with Crippen LogP contribution in [0.2, 0.25) is 0 Å². The maximum absolute atomic E-state index is 4.44. The Morgan fingerprint density at radius 2 is 2.33 bits per heavy atom. The van der Waals surface area contributed by atoms with Crippen molar-refractivity contribution in [2.75, 3.05) is 5.32 Å². The number of nitrogens with zero attached hydrogens (tertiary/aromatic N) is 1. The van der Waals surface area contributed by atoms with Crippen LogP contribution in [-0.2, 0) is 6.42 Å². The fourth-order valence-corrected chi connectivity index (χ4v) is 3.78. The summed E-state index contributed by atoms with van der Waals surface area (Å²) in [6, 6.07) is 4.68. The van der Waals surface area contributed by atoms with E-state index >= 15 is 0 Å². The van der Waals surface area contributed by atoms with Crippen LogP contribution in [0, 0.1) is 6.92 Å². The smallest absolute Gasteiger partial charge is 0.141 e. The normalized spacial score (nSPS) is 18.4. The second-order valence-corrected chi connectivity index (χ2v) is 6.47. The molecule has 0 aliphatic heterocycles. The summed E-state index contributed by atoms with van der Waals surface area (Å²) in [5, 5.41) is 5.78. The van der Waals surface area contributed by atoms with Crippen LogP contribution in [-0.4, -0.2) is 4.98 Å². The molecule has 1 unspecified atom stereocenters. The second-order valence-electron chi connectivity index (χ2n) is 4.68. The number of aryl methyl sites for hydroxylation is 2. The molecule has 1 atom stereocenters. The third-order valence-corrected chi connectivity index (χ3v) is 5.44. The van der Waals surface area contributed by atoms with Crippen molar-refractivity contribution in [1.82, 2.24) is 4.98 Å². The van der Waals surface area contributed by atoms with Gasteiger partial charge < -0.3 is 5.32 Å². The molecule has 0 amide bonds. The van der Waals surface area contributed by atoms with Crippen LogP contribution in [0.1, 0.15) is 34.9 Å². The van der Waals surface area contributed by atoms with E-state index in [9.17, 15) is 0 Å². The lowest BCUT2D eigenvalue weighted by molar-refractivity contribution is 0.606. The Kier molecular flexibility index (Phi) is 3.39. The maximum Gasteiger partial charge on any atom is 0.141 e. The van der Waals surface area contributed by atoms with Crippen molar-refractivity contribution in [2.24, 2.45) is 0 Å². The molecule has 0 spiro atoms. The van der Waals surface area contributed by atoms with Gasteiger partial charge in [-0.1, -0.05) is 0 Å². The summed E-state index contributed by atoms with van der Waals surface area (Å²) in [4.78, 5) is 5.97. The van der Waals surface area contributed by atoms with Crippen molar-refractivity contribution < 1.29 is 0 Å².